The second-order valence-electron chi connectivity index (χ2n) is 10.6. The van der Waals surface area contributed by atoms with Gasteiger partial charge in [-0.15, -0.1) is 0 Å². The third-order valence-corrected chi connectivity index (χ3v) is 8.19. The van der Waals surface area contributed by atoms with Crippen LogP contribution in [0.5, 0.6) is 0 Å². The lowest BCUT2D eigenvalue weighted by atomic mass is 10.1. The minimum atomic E-state index is 0.698. The maximum Gasteiger partial charge on any atom is 0.160 e. The van der Waals surface area contributed by atoms with E-state index in [0.717, 1.165) is 71.8 Å². The molecule has 0 fully saturated rings. The highest BCUT2D eigenvalue weighted by molar-refractivity contribution is 6.21. The average molecular weight is 538 g/mol. The molecule has 0 spiro atoms. The molecule has 3 heterocycles. The van der Waals surface area contributed by atoms with Crippen molar-refractivity contribution in [2.24, 2.45) is 0 Å². The van der Waals surface area contributed by atoms with Gasteiger partial charge in [0, 0.05) is 43.7 Å². The van der Waals surface area contributed by atoms with Crippen molar-refractivity contribution in [1.82, 2.24) is 14.5 Å². The number of hydrogen-bond acceptors (Lipinski definition) is 3. The zero-order valence-corrected chi connectivity index (χ0v) is 22.5. The van der Waals surface area contributed by atoms with Gasteiger partial charge in [-0.05, 0) is 36.4 Å². The third-order valence-electron chi connectivity index (χ3n) is 8.19. The maximum atomic E-state index is 6.54. The van der Waals surface area contributed by atoms with Crippen molar-refractivity contribution in [2.45, 2.75) is 0 Å². The van der Waals surface area contributed by atoms with E-state index in [1.165, 1.54) is 5.39 Å². The van der Waals surface area contributed by atoms with Gasteiger partial charge in [-0.2, -0.15) is 0 Å². The molecule has 0 bridgehead atoms. The van der Waals surface area contributed by atoms with Crippen LogP contribution in [0.2, 0.25) is 0 Å². The zero-order chi connectivity index (χ0) is 27.6. The highest BCUT2D eigenvalue weighted by Crippen LogP contribution is 2.40. The lowest BCUT2D eigenvalue weighted by molar-refractivity contribution is 0.671. The minimum absolute atomic E-state index is 0.698. The van der Waals surface area contributed by atoms with Crippen LogP contribution < -0.4 is 0 Å². The van der Waals surface area contributed by atoms with Gasteiger partial charge in [0.1, 0.15) is 5.58 Å². The van der Waals surface area contributed by atoms with Crippen molar-refractivity contribution in [3.8, 4) is 28.3 Å². The molecule has 0 aliphatic heterocycles. The summed E-state index contributed by atoms with van der Waals surface area (Å²) in [5.74, 6) is 0.698. The predicted octanol–water partition coefficient (Wildman–Crippen LogP) is 9.96. The number of aromatic nitrogens is 3. The smallest absolute Gasteiger partial charge is 0.160 e. The van der Waals surface area contributed by atoms with Gasteiger partial charge in [0.15, 0.2) is 11.4 Å². The molecule has 4 nitrogen and oxygen atoms in total. The van der Waals surface area contributed by atoms with Crippen LogP contribution in [0.25, 0.3) is 83.0 Å². The second kappa shape index (κ2) is 8.88. The second-order valence-corrected chi connectivity index (χ2v) is 10.6. The quantitative estimate of drug-likeness (QED) is 0.225. The van der Waals surface area contributed by atoms with Gasteiger partial charge < -0.3 is 8.98 Å². The Morgan fingerprint density at radius 1 is 0.500 bits per heavy atom. The van der Waals surface area contributed by atoms with Crippen LogP contribution in [0.3, 0.4) is 0 Å². The number of rotatable bonds is 3. The molecule has 4 heteroatoms. The maximum absolute atomic E-state index is 6.54. The number of fused-ring (bicyclic) bond motifs is 8. The minimum Gasteiger partial charge on any atom is -0.454 e. The highest BCUT2D eigenvalue weighted by Gasteiger charge is 2.19. The fourth-order valence-corrected chi connectivity index (χ4v) is 6.30. The summed E-state index contributed by atoms with van der Waals surface area (Å²) in [5.41, 5.74) is 8.89. The summed E-state index contributed by atoms with van der Waals surface area (Å²) >= 11 is 0. The van der Waals surface area contributed by atoms with Crippen molar-refractivity contribution in [3.63, 3.8) is 0 Å². The van der Waals surface area contributed by atoms with Crippen molar-refractivity contribution in [3.05, 3.63) is 140 Å². The number of hydrogen-bond donors (Lipinski definition) is 0. The van der Waals surface area contributed by atoms with Gasteiger partial charge in [0.2, 0.25) is 0 Å². The molecule has 6 aromatic carbocycles. The molecule has 0 saturated heterocycles. The molecule has 0 saturated carbocycles. The molecule has 0 amide bonds. The van der Waals surface area contributed by atoms with E-state index in [4.69, 9.17) is 14.4 Å². The highest BCUT2D eigenvalue weighted by atomic mass is 16.3. The first-order valence-electron chi connectivity index (χ1n) is 14.1. The average Bonchev–Trinajstić information content (AvgIpc) is 3.61. The first-order valence-corrected chi connectivity index (χ1v) is 14.1. The van der Waals surface area contributed by atoms with E-state index in [9.17, 15) is 0 Å². The Balaban J connectivity index is 1.32. The van der Waals surface area contributed by atoms with Crippen molar-refractivity contribution in [1.29, 1.82) is 0 Å². The van der Waals surface area contributed by atoms with Gasteiger partial charge in [-0.25, -0.2) is 9.97 Å². The fourth-order valence-electron chi connectivity index (χ4n) is 6.30. The number of nitrogens with zero attached hydrogens (tertiary/aromatic N) is 3. The molecule has 9 aromatic rings. The van der Waals surface area contributed by atoms with Gasteiger partial charge in [0.05, 0.1) is 22.2 Å². The summed E-state index contributed by atoms with van der Waals surface area (Å²) in [6.45, 7) is 0. The normalized spacial score (nSPS) is 11.8. The van der Waals surface area contributed by atoms with Crippen LogP contribution in [0.15, 0.2) is 144 Å². The van der Waals surface area contributed by atoms with Gasteiger partial charge in [0.25, 0.3) is 0 Å². The summed E-state index contributed by atoms with van der Waals surface area (Å²) < 4.78 is 8.86. The molecular formula is C38H23N3O. The summed E-state index contributed by atoms with van der Waals surface area (Å²) in [6.07, 6.45) is 0. The summed E-state index contributed by atoms with van der Waals surface area (Å²) in [7, 11) is 0. The van der Waals surface area contributed by atoms with Crippen molar-refractivity contribution >= 4 is 54.6 Å². The van der Waals surface area contributed by atoms with E-state index in [-0.39, 0.29) is 0 Å². The Kier molecular flexibility index (Phi) is 4.87. The van der Waals surface area contributed by atoms with Crippen LogP contribution in [-0.2, 0) is 0 Å². The molecule has 0 atom stereocenters. The molecule has 0 radical (unpaired) electrons. The lowest BCUT2D eigenvalue weighted by Gasteiger charge is -2.12. The summed E-state index contributed by atoms with van der Waals surface area (Å²) in [5, 5.41) is 5.63. The summed E-state index contributed by atoms with van der Waals surface area (Å²) in [4.78, 5) is 10.1. The topological polar surface area (TPSA) is 43.9 Å². The Hall–Kier alpha value is -5.74. The van der Waals surface area contributed by atoms with Gasteiger partial charge in [-0.1, -0.05) is 103 Å². The first-order chi connectivity index (χ1) is 20.8. The Labute approximate surface area is 241 Å². The van der Waals surface area contributed by atoms with E-state index in [2.05, 4.69) is 102 Å². The Bertz CT molecular complexity index is 2470. The molecule has 42 heavy (non-hydrogen) atoms. The van der Waals surface area contributed by atoms with Crippen LogP contribution in [0.1, 0.15) is 0 Å². The van der Waals surface area contributed by atoms with E-state index >= 15 is 0 Å². The number of furan rings is 1. The van der Waals surface area contributed by atoms with Crippen LogP contribution in [-0.4, -0.2) is 14.5 Å². The van der Waals surface area contributed by atoms with Crippen LogP contribution >= 0.6 is 0 Å². The van der Waals surface area contributed by atoms with E-state index in [0.29, 0.717) is 5.82 Å². The molecule has 9 rings (SSSR count). The molecule has 0 aliphatic rings. The lowest BCUT2D eigenvalue weighted by Crippen LogP contribution is -1.98. The van der Waals surface area contributed by atoms with Gasteiger partial charge >= 0.3 is 0 Å². The standard InChI is InChI=1S/C38H23N3O/c1-2-11-24(12-3-1)35-31-17-4-7-18-32(31)39-38(40-35)25-13-10-14-26(23-25)41-33-19-8-5-15-27(33)29-21-22-30-28-16-6-9-20-34(28)42-37(30)36(29)41/h1-23H. The first kappa shape index (κ1) is 23.0. The van der Waals surface area contributed by atoms with Crippen molar-refractivity contribution < 1.29 is 4.42 Å². The largest absolute Gasteiger partial charge is 0.454 e. The van der Waals surface area contributed by atoms with Crippen LogP contribution in [0.4, 0.5) is 0 Å². The SMILES string of the molecule is c1ccc(-c2nc(-c3cccc(-n4c5ccccc5c5ccc6c7ccccc7oc6c54)c3)nc3ccccc23)cc1. The monoisotopic (exact) mass is 537 g/mol. The van der Waals surface area contributed by atoms with Crippen LogP contribution in [0, 0.1) is 0 Å². The molecule has 0 N–H and O–H groups in total. The fraction of sp³-hybridized carbons (Fsp3) is 0. The Morgan fingerprint density at radius 2 is 1.21 bits per heavy atom. The Morgan fingerprint density at radius 3 is 2.12 bits per heavy atom. The molecule has 0 unspecified atom stereocenters. The molecule has 196 valence electrons. The number of benzene rings is 6. The van der Waals surface area contributed by atoms with E-state index < -0.39 is 0 Å². The van der Waals surface area contributed by atoms with E-state index in [1.807, 2.05) is 42.5 Å². The van der Waals surface area contributed by atoms with Gasteiger partial charge in [-0.3, -0.25) is 0 Å². The number of para-hydroxylation sites is 3. The van der Waals surface area contributed by atoms with E-state index in [1.54, 1.807) is 0 Å². The zero-order valence-electron chi connectivity index (χ0n) is 22.5. The molecule has 3 aromatic heterocycles. The van der Waals surface area contributed by atoms with Crippen molar-refractivity contribution in [2.75, 3.05) is 0 Å². The molecular weight excluding hydrogens is 514 g/mol. The molecule has 0 aliphatic carbocycles. The third kappa shape index (κ3) is 3.36. The predicted molar refractivity (Wildman–Crippen MR) is 172 cm³/mol. The summed E-state index contributed by atoms with van der Waals surface area (Å²) in [6, 6.07) is 48.3.